The molecule has 4 heteroatoms. The van der Waals surface area contributed by atoms with Gasteiger partial charge in [0.25, 0.3) is 0 Å². The van der Waals surface area contributed by atoms with Crippen LogP contribution < -0.4 is 14.4 Å². The molecular weight excluding hydrogens is 194 g/mol. The van der Waals surface area contributed by atoms with E-state index in [0.29, 0.717) is 6.73 Å². The summed E-state index contributed by atoms with van der Waals surface area (Å²) >= 11 is 0. The molecule has 15 heavy (non-hydrogen) atoms. The van der Waals surface area contributed by atoms with Gasteiger partial charge in [0, 0.05) is 25.9 Å². The molecule has 1 rings (SSSR count). The number of ether oxygens (including phenoxy) is 3. The SMILES string of the molecule is COCN(C)c1ccc(OC)c(OC)c1. The summed E-state index contributed by atoms with van der Waals surface area (Å²) in [5, 5.41) is 0. The fraction of sp³-hybridized carbons (Fsp3) is 0.455. The average molecular weight is 211 g/mol. The van der Waals surface area contributed by atoms with Crippen molar-refractivity contribution in [2.45, 2.75) is 0 Å². The van der Waals surface area contributed by atoms with Crippen molar-refractivity contribution in [3.63, 3.8) is 0 Å². The Bertz CT molecular complexity index is 315. The van der Waals surface area contributed by atoms with Crippen LogP contribution in [-0.4, -0.2) is 35.1 Å². The van der Waals surface area contributed by atoms with Gasteiger partial charge in [-0.3, -0.25) is 0 Å². The molecule has 0 fully saturated rings. The molecule has 0 saturated carbocycles. The van der Waals surface area contributed by atoms with Crippen molar-refractivity contribution in [2.75, 3.05) is 40.0 Å². The molecule has 0 amide bonds. The van der Waals surface area contributed by atoms with Crippen molar-refractivity contribution in [1.29, 1.82) is 0 Å². The summed E-state index contributed by atoms with van der Waals surface area (Å²) in [5.41, 5.74) is 1.02. The number of rotatable bonds is 5. The molecule has 0 unspecified atom stereocenters. The summed E-state index contributed by atoms with van der Waals surface area (Å²) in [6, 6.07) is 5.75. The number of benzene rings is 1. The van der Waals surface area contributed by atoms with Crippen molar-refractivity contribution in [3.05, 3.63) is 18.2 Å². The van der Waals surface area contributed by atoms with Crippen molar-refractivity contribution in [2.24, 2.45) is 0 Å². The lowest BCUT2D eigenvalue weighted by Gasteiger charge is -2.19. The molecular formula is C11H17NO3. The van der Waals surface area contributed by atoms with Crippen LogP contribution >= 0.6 is 0 Å². The first-order chi connectivity index (χ1) is 7.22. The van der Waals surface area contributed by atoms with E-state index in [4.69, 9.17) is 14.2 Å². The molecule has 1 aromatic carbocycles. The molecule has 4 nitrogen and oxygen atoms in total. The second-order valence-corrected chi connectivity index (χ2v) is 3.16. The zero-order valence-corrected chi connectivity index (χ0v) is 9.61. The van der Waals surface area contributed by atoms with Gasteiger partial charge in [-0.25, -0.2) is 0 Å². The van der Waals surface area contributed by atoms with Crippen molar-refractivity contribution in [1.82, 2.24) is 0 Å². The maximum Gasteiger partial charge on any atom is 0.162 e. The van der Waals surface area contributed by atoms with Gasteiger partial charge in [0.15, 0.2) is 11.5 Å². The zero-order valence-electron chi connectivity index (χ0n) is 9.61. The first-order valence-corrected chi connectivity index (χ1v) is 4.65. The van der Waals surface area contributed by atoms with Gasteiger partial charge in [0.2, 0.25) is 0 Å². The molecule has 0 aliphatic heterocycles. The van der Waals surface area contributed by atoms with Crippen LogP contribution in [0.2, 0.25) is 0 Å². The lowest BCUT2D eigenvalue weighted by molar-refractivity contribution is 0.202. The Kier molecular flexibility index (Phi) is 4.24. The molecule has 0 bridgehead atoms. The Morgan fingerprint density at radius 1 is 1.07 bits per heavy atom. The van der Waals surface area contributed by atoms with Crippen LogP contribution in [0.15, 0.2) is 18.2 Å². The molecule has 1 aromatic rings. The standard InChI is InChI=1S/C11H17NO3/c1-12(8-13-2)9-5-6-10(14-3)11(7-9)15-4/h5-7H,8H2,1-4H3. The van der Waals surface area contributed by atoms with Crippen LogP contribution in [0.25, 0.3) is 0 Å². The van der Waals surface area contributed by atoms with Crippen molar-refractivity contribution >= 4 is 5.69 Å². The number of hydrogen-bond donors (Lipinski definition) is 0. The summed E-state index contributed by atoms with van der Waals surface area (Å²) in [4.78, 5) is 1.97. The molecule has 0 atom stereocenters. The molecule has 0 saturated heterocycles. The molecule has 84 valence electrons. The smallest absolute Gasteiger partial charge is 0.162 e. The molecule has 0 radical (unpaired) electrons. The van der Waals surface area contributed by atoms with Crippen LogP contribution in [0.1, 0.15) is 0 Å². The lowest BCUT2D eigenvalue weighted by atomic mass is 10.2. The minimum atomic E-state index is 0.537. The van der Waals surface area contributed by atoms with Gasteiger partial charge in [-0.15, -0.1) is 0 Å². The molecule has 0 aliphatic carbocycles. The van der Waals surface area contributed by atoms with Crippen molar-refractivity contribution in [3.8, 4) is 11.5 Å². The van der Waals surface area contributed by atoms with E-state index in [2.05, 4.69) is 0 Å². The van der Waals surface area contributed by atoms with Crippen LogP contribution in [0.3, 0.4) is 0 Å². The summed E-state index contributed by atoms with van der Waals surface area (Å²) in [5.74, 6) is 1.45. The fourth-order valence-corrected chi connectivity index (χ4v) is 1.33. The van der Waals surface area contributed by atoms with E-state index in [9.17, 15) is 0 Å². The summed E-state index contributed by atoms with van der Waals surface area (Å²) in [6.45, 7) is 0.537. The molecule has 0 heterocycles. The van der Waals surface area contributed by atoms with E-state index in [1.807, 2.05) is 30.1 Å². The minimum absolute atomic E-state index is 0.537. The monoisotopic (exact) mass is 211 g/mol. The maximum atomic E-state index is 5.21. The largest absolute Gasteiger partial charge is 0.493 e. The predicted molar refractivity (Wildman–Crippen MR) is 59.8 cm³/mol. The Morgan fingerprint density at radius 2 is 1.73 bits per heavy atom. The van der Waals surface area contributed by atoms with Crippen molar-refractivity contribution < 1.29 is 14.2 Å². The predicted octanol–water partition coefficient (Wildman–Crippen LogP) is 1.74. The average Bonchev–Trinajstić information content (AvgIpc) is 2.28. The van der Waals surface area contributed by atoms with Crippen LogP contribution in [0.4, 0.5) is 5.69 Å². The molecule has 0 aliphatic rings. The molecule has 0 N–H and O–H groups in total. The second-order valence-electron chi connectivity index (χ2n) is 3.16. The highest BCUT2D eigenvalue weighted by molar-refractivity contribution is 5.55. The number of hydrogen-bond acceptors (Lipinski definition) is 4. The number of anilines is 1. The van der Waals surface area contributed by atoms with Gasteiger partial charge in [-0.2, -0.15) is 0 Å². The van der Waals surface area contributed by atoms with E-state index < -0.39 is 0 Å². The number of methoxy groups -OCH3 is 3. The molecule has 0 spiro atoms. The lowest BCUT2D eigenvalue weighted by Crippen LogP contribution is -2.19. The highest BCUT2D eigenvalue weighted by atomic mass is 16.5. The second kappa shape index (κ2) is 5.46. The summed E-state index contributed by atoms with van der Waals surface area (Å²) < 4.78 is 15.4. The van der Waals surface area contributed by atoms with E-state index in [0.717, 1.165) is 17.2 Å². The Balaban J connectivity index is 2.92. The fourth-order valence-electron chi connectivity index (χ4n) is 1.33. The van der Waals surface area contributed by atoms with E-state index >= 15 is 0 Å². The Labute approximate surface area is 90.4 Å². The number of nitrogens with zero attached hydrogens (tertiary/aromatic N) is 1. The van der Waals surface area contributed by atoms with Gasteiger partial charge in [-0.05, 0) is 12.1 Å². The van der Waals surface area contributed by atoms with Crippen LogP contribution in [0, 0.1) is 0 Å². The first-order valence-electron chi connectivity index (χ1n) is 4.65. The Morgan fingerprint density at radius 3 is 2.27 bits per heavy atom. The van der Waals surface area contributed by atoms with E-state index in [1.54, 1.807) is 21.3 Å². The third kappa shape index (κ3) is 2.76. The minimum Gasteiger partial charge on any atom is -0.493 e. The summed E-state index contributed by atoms with van der Waals surface area (Å²) in [7, 11) is 6.86. The van der Waals surface area contributed by atoms with E-state index in [1.165, 1.54) is 0 Å². The first kappa shape index (κ1) is 11.7. The Hall–Kier alpha value is -1.42. The zero-order chi connectivity index (χ0) is 11.3. The van der Waals surface area contributed by atoms with Crippen LogP contribution in [0.5, 0.6) is 11.5 Å². The highest BCUT2D eigenvalue weighted by Gasteiger charge is 2.06. The molecule has 0 aromatic heterocycles. The van der Waals surface area contributed by atoms with Gasteiger partial charge in [-0.1, -0.05) is 0 Å². The third-order valence-electron chi connectivity index (χ3n) is 2.13. The topological polar surface area (TPSA) is 30.9 Å². The van der Waals surface area contributed by atoms with Gasteiger partial charge >= 0.3 is 0 Å². The van der Waals surface area contributed by atoms with Gasteiger partial charge < -0.3 is 19.1 Å². The summed E-state index contributed by atoms with van der Waals surface area (Å²) in [6.07, 6.45) is 0. The normalized spacial score (nSPS) is 9.87. The highest BCUT2D eigenvalue weighted by Crippen LogP contribution is 2.30. The van der Waals surface area contributed by atoms with Crippen LogP contribution in [-0.2, 0) is 4.74 Å². The third-order valence-corrected chi connectivity index (χ3v) is 2.13. The van der Waals surface area contributed by atoms with Gasteiger partial charge in [0.1, 0.15) is 6.73 Å². The maximum absolute atomic E-state index is 5.21. The van der Waals surface area contributed by atoms with Gasteiger partial charge in [0.05, 0.1) is 14.2 Å². The van der Waals surface area contributed by atoms with E-state index in [-0.39, 0.29) is 0 Å². The quantitative estimate of drug-likeness (QED) is 0.694.